The van der Waals surface area contributed by atoms with Crippen molar-refractivity contribution in [2.75, 3.05) is 6.61 Å². The zero-order valence-corrected chi connectivity index (χ0v) is 12.6. The van der Waals surface area contributed by atoms with Crippen molar-refractivity contribution in [2.24, 2.45) is 0 Å². The molecule has 1 aromatic rings. The smallest absolute Gasteiger partial charge is 0.340 e. The minimum Gasteiger partial charge on any atom is -0.462 e. The van der Waals surface area contributed by atoms with E-state index in [1.54, 1.807) is 29.5 Å². The Bertz CT molecular complexity index is 429. The Morgan fingerprint density at radius 1 is 1.65 bits per heavy atom. The summed E-state index contributed by atoms with van der Waals surface area (Å²) in [6.07, 6.45) is -1.52. The number of carbonyl (C=O) groups is 1. The molecule has 7 heteroatoms. The summed E-state index contributed by atoms with van der Waals surface area (Å²) in [6.45, 7) is 1.91. The summed E-state index contributed by atoms with van der Waals surface area (Å²) in [4.78, 5) is 15.2. The van der Waals surface area contributed by atoms with Crippen LogP contribution in [0.5, 0.6) is 0 Å². The minimum atomic E-state index is -2.66. The van der Waals surface area contributed by atoms with Gasteiger partial charge in [0.2, 0.25) is 0 Å². The molecule has 0 N–H and O–H groups in total. The molecule has 1 rings (SSSR count). The van der Waals surface area contributed by atoms with E-state index in [0.29, 0.717) is 14.5 Å². The van der Waals surface area contributed by atoms with Crippen molar-refractivity contribution in [3.8, 4) is 0 Å². The molecule has 0 aliphatic rings. The van der Waals surface area contributed by atoms with E-state index in [9.17, 15) is 13.6 Å². The van der Waals surface area contributed by atoms with Gasteiger partial charge >= 0.3 is 5.97 Å². The lowest BCUT2D eigenvalue weighted by molar-refractivity contribution is 0.0524. The Kier molecular flexibility index (Phi) is 5.71. The van der Waals surface area contributed by atoms with Crippen LogP contribution < -0.4 is 0 Å². The molecule has 0 bridgehead atoms. The molecular weight excluding hydrogens is 411 g/mol. The van der Waals surface area contributed by atoms with Crippen molar-refractivity contribution >= 4 is 44.5 Å². The van der Waals surface area contributed by atoms with Crippen molar-refractivity contribution in [3.63, 3.8) is 0 Å². The molecule has 1 aromatic heterocycles. The first-order valence-corrected chi connectivity index (χ1v) is 6.91. The van der Waals surface area contributed by atoms with E-state index >= 15 is 0 Å². The number of esters is 1. The molecule has 0 aromatic carbocycles. The van der Waals surface area contributed by atoms with Crippen LogP contribution in [0.1, 0.15) is 35.0 Å². The summed E-state index contributed by atoms with van der Waals surface area (Å²) in [6, 6.07) is 0. The van der Waals surface area contributed by atoms with Crippen LogP contribution in [0.25, 0.3) is 0 Å². The monoisotopic (exact) mass is 419 g/mol. The molecule has 0 saturated heterocycles. The zero-order valence-electron chi connectivity index (χ0n) is 8.84. The zero-order chi connectivity index (χ0) is 13.0. The van der Waals surface area contributed by atoms with Crippen LogP contribution in [-0.2, 0) is 10.1 Å². The van der Waals surface area contributed by atoms with E-state index in [4.69, 9.17) is 4.74 Å². The normalized spacial score (nSPS) is 10.7. The SMILES string of the molecule is CCOC(=O)c1cnc(C(F)F)c(I)c1CBr. The number of alkyl halides is 3. The molecule has 0 fully saturated rings. The summed E-state index contributed by atoms with van der Waals surface area (Å²) in [7, 11) is 0. The fourth-order valence-corrected chi connectivity index (χ4v) is 3.17. The number of ether oxygens (including phenoxy) is 1. The van der Waals surface area contributed by atoms with Gasteiger partial charge in [0.15, 0.2) is 0 Å². The molecular formula is C10H9BrF2INO2. The van der Waals surface area contributed by atoms with Gasteiger partial charge in [-0.25, -0.2) is 13.6 Å². The molecule has 0 unspecified atom stereocenters. The number of hydrogen-bond donors (Lipinski definition) is 0. The van der Waals surface area contributed by atoms with Gasteiger partial charge in [-0.3, -0.25) is 4.98 Å². The van der Waals surface area contributed by atoms with Gasteiger partial charge in [0.05, 0.1) is 12.2 Å². The highest BCUT2D eigenvalue weighted by atomic mass is 127. The van der Waals surface area contributed by atoms with Gasteiger partial charge in [0.1, 0.15) is 5.69 Å². The van der Waals surface area contributed by atoms with Gasteiger partial charge in [0, 0.05) is 15.1 Å². The second kappa shape index (κ2) is 6.58. The molecule has 94 valence electrons. The van der Waals surface area contributed by atoms with E-state index < -0.39 is 12.4 Å². The summed E-state index contributed by atoms with van der Waals surface area (Å²) in [5.74, 6) is -0.548. The Balaban J connectivity index is 3.25. The van der Waals surface area contributed by atoms with Crippen molar-refractivity contribution < 1.29 is 18.3 Å². The average Bonchev–Trinajstić information content (AvgIpc) is 2.28. The largest absolute Gasteiger partial charge is 0.462 e. The highest BCUT2D eigenvalue weighted by Gasteiger charge is 2.22. The van der Waals surface area contributed by atoms with Crippen LogP contribution in [0.2, 0.25) is 0 Å². The number of carbonyl (C=O) groups excluding carboxylic acids is 1. The van der Waals surface area contributed by atoms with Crippen LogP contribution >= 0.6 is 38.5 Å². The first kappa shape index (κ1) is 14.7. The molecule has 0 saturated carbocycles. The minimum absolute atomic E-state index is 0.220. The lowest BCUT2D eigenvalue weighted by Gasteiger charge is -2.11. The quantitative estimate of drug-likeness (QED) is 0.424. The molecule has 0 radical (unpaired) electrons. The van der Waals surface area contributed by atoms with Crippen LogP contribution in [0.3, 0.4) is 0 Å². The van der Waals surface area contributed by atoms with E-state index in [2.05, 4.69) is 20.9 Å². The Morgan fingerprint density at radius 3 is 2.76 bits per heavy atom. The van der Waals surface area contributed by atoms with Crippen LogP contribution in [-0.4, -0.2) is 17.6 Å². The van der Waals surface area contributed by atoms with Crippen molar-refractivity contribution in [2.45, 2.75) is 18.7 Å². The van der Waals surface area contributed by atoms with Crippen molar-refractivity contribution in [1.82, 2.24) is 4.98 Å². The standard InChI is InChI=1S/C10H9BrF2INO2/c1-2-17-10(16)6-4-15-8(9(12)13)7(14)5(6)3-11/h4,9H,2-3H2,1H3. The lowest BCUT2D eigenvalue weighted by atomic mass is 10.1. The second-order valence-electron chi connectivity index (χ2n) is 3.00. The first-order chi connectivity index (χ1) is 8.02. The number of rotatable bonds is 4. The van der Waals surface area contributed by atoms with Crippen LogP contribution in [0.15, 0.2) is 6.20 Å². The maximum absolute atomic E-state index is 12.6. The van der Waals surface area contributed by atoms with E-state index in [0.717, 1.165) is 6.20 Å². The molecule has 0 amide bonds. The molecule has 3 nitrogen and oxygen atoms in total. The van der Waals surface area contributed by atoms with E-state index in [1.165, 1.54) is 0 Å². The van der Waals surface area contributed by atoms with Gasteiger partial charge in [-0.2, -0.15) is 0 Å². The third kappa shape index (κ3) is 3.34. The molecule has 0 spiro atoms. The molecule has 17 heavy (non-hydrogen) atoms. The second-order valence-corrected chi connectivity index (χ2v) is 4.64. The van der Waals surface area contributed by atoms with Crippen molar-refractivity contribution in [1.29, 1.82) is 0 Å². The highest BCUT2D eigenvalue weighted by Crippen LogP contribution is 2.28. The number of pyridine rings is 1. The fraction of sp³-hybridized carbons (Fsp3) is 0.400. The maximum Gasteiger partial charge on any atom is 0.340 e. The molecule has 0 aliphatic carbocycles. The predicted molar refractivity (Wildman–Crippen MR) is 70.5 cm³/mol. The number of hydrogen-bond acceptors (Lipinski definition) is 3. The Labute approximate surface area is 119 Å². The van der Waals surface area contributed by atoms with Gasteiger partial charge < -0.3 is 4.74 Å². The molecule has 0 atom stereocenters. The summed E-state index contributed by atoms with van der Waals surface area (Å²) >= 11 is 4.94. The van der Waals surface area contributed by atoms with E-state index in [-0.39, 0.29) is 17.9 Å². The number of halogens is 4. The highest BCUT2D eigenvalue weighted by molar-refractivity contribution is 14.1. The lowest BCUT2D eigenvalue weighted by Crippen LogP contribution is -2.11. The van der Waals surface area contributed by atoms with Crippen molar-refractivity contribution in [3.05, 3.63) is 26.6 Å². The van der Waals surface area contributed by atoms with E-state index in [1.807, 2.05) is 0 Å². The maximum atomic E-state index is 12.6. The number of nitrogens with zero attached hydrogens (tertiary/aromatic N) is 1. The fourth-order valence-electron chi connectivity index (χ4n) is 1.21. The van der Waals surface area contributed by atoms with Gasteiger partial charge in [-0.05, 0) is 35.1 Å². The van der Waals surface area contributed by atoms with Gasteiger partial charge in [-0.1, -0.05) is 15.9 Å². The topological polar surface area (TPSA) is 39.2 Å². The first-order valence-electron chi connectivity index (χ1n) is 4.71. The molecule has 1 heterocycles. The predicted octanol–water partition coefficient (Wildman–Crippen LogP) is 3.70. The van der Waals surface area contributed by atoms with Gasteiger partial charge in [-0.15, -0.1) is 0 Å². The van der Waals surface area contributed by atoms with Gasteiger partial charge in [0.25, 0.3) is 6.43 Å². The van der Waals surface area contributed by atoms with Crippen LogP contribution in [0, 0.1) is 3.57 Å². The summed E-state index contributed by atoms with van der Waals surface area (Å²) < 4.78 is 30.4. The Morgan fingerprint density at radius 2 is 2.29 bits per heavy atom. The summed E-state index contributed by atoms with van der Waals surface area (Å²) in [5, 5.41) is 0.293. The third-order valence-corrected chi connectivity index (χ3v) is 3.75. The Hall–Kier alpha value is -0.310. The van der Waals surface area contributed by atoms with Crippen LogP contribution in [0.4, 0.5) is 8.78 Å². The molecule has 0 aliphatic heterocycles. The summed E-state index contributed by atoms with van der Waals surface area (Å²) in [5.41, 5.74) is 0.389. The average molecular weight is 420 g/mol. The third-order valence-electron chi connectivity index (χ3n) is 1.98. The number of aromatic nitrogens is 1.